The molecule has 176 valence electrons. The van der Waals surface area contributed by atoms with E-state index in [1.807, 2.05) is 0 Å². The van der Waals surface area contributed by atoms with Gasteiger partial charge in [0.25, 0.3) is 11.8 Å². The van der Waals surface area contributed by atoms with Crippen molar-refractivity contribution in [2.45, 2.75) is 0 Å². The quantitative estimate of drug-likeness (QED) is 0.461. The zero-order valence-electron chi connectivity index (χ0n) is 17.5. The molecular formula is C22H19ClFN5O4S. The van der Waals surface area contributed by atoms with Crippen LogP contribution in [-0.2, 0) is 10.2 Å². The van der Waals surface area contributed by atoms with Crippen LogP contribution in [0.4, 0.5) is 21.5 Å². The molecule has 0 spiro atoms. The molecule has 34 heavy (non-hydrogen) atoms. The first kappa shape index (κ1) is 23.6. The molecule has 3 aromatic carbocycles. The molecule has 1 saturated heterocycles. The first-order valence-electron chi connectivity index (χ1n) is 9.99. The molecule has 4 rings (SSSR count). The van der Waals surface area contributed by atoms with E-state index in [0.717, 1.165) is 10.4 Å². The summed E-state index contributed by atoms with van der Waals surface area (Å²) >= 11 is 6.17. The van der Waals surface area contributed by atoms with Crippen molar-refractivity contribution >= 4 is 50.7 Å². The average Bonchev–Trinajstić information content (AvgIpc) is 3.08. The molecule has 1 aliphatic rings. The standard InChI is InChI=1S/C22H19ClFN5O4S/c23-18-9-6-15(12-20(18)27-21(30)14-4-2-1-3-5-14)26-22(31)17-8-7-16(13-19(17)24)28-10-11-29(25)34(28,32)33/h1-9,12-13H,10-11,25H2,(H,26,31)(H,27,30). The lowest BCUT2D eigenvalue weighted by molar-refractivity contribution is 0.101. The van der Waals surface area contributed by atoms with Gasteiger partial charge in [0.1, 0.15) is 5.82 Å². The second-order valence-electron chi connectivity index (χ2n) is 7.32. The van der Waals surface area contributed by atoms with Gasteiger partial charge in [-0.2, -0.15) is 8.42 Å². The maximum atomic E-state index is 14.7. The summed E-state index contributed by atoms with van der Waals surface area (Å²) in [5, 5.41) is 5.46. The molecule has 9 nitrogen and oxygen atoms in total. The van der Waals surface area contributed by atoms with Gasteiger partial charge < -0.3 is 10.6 Å². The molecule has 0 atom stereocenters. The van der Waals surface area contributed by atoms with E-state index in [9.17, 15) is 22.4 Å². The number of carbonyl (C=O) groups is 2. The summed E-state index contributed by atoms with van der Waals surface area (Å²) in [4.78, 5) is 25.1. The lowest BCUT2D eigenvalue weighted by atomic mass is 10.1. The van der Waals surface area contributed by atoms with E-state index in [1.54, 1.807) is 30.3 Å². The zero-order valence-corrected chi connectivity index (χ0v) is 19.1. The van der Waals surface area contributed by atoms with Crippen LogP contribution in [0.1, 0.15) is 20.7 Å². The lowest BCUT2D eigenvalue weighted by Gasteiger charge is -2.18. The highest BCUT2D eigenvalue weighted by atomic mass is 35.5. The molecule has 0 bridgehead atoms. The Labute approximate surface area is 200 Å². The van der Waals surface area contributed by atoms with Crippen LogP contribution in [0.5, 0.6) is 0 Å². The van der Waals surface area contributed by atoms with Crippen molar-refractivity contribution in [3.63, 3.8) is 0 Å². The Balaban J connectivity index is 1.51. The van der Waals surface area contributed by atoms with Gasteiger partial charge >= 0.3 is 10.2 Å². The first-order valence-corrected chi connectivity index (χ1v) is 11.8. The number of hydrogen-bond donors (Lipinski definition) is 3. The van der Waals surface area contributed by atoms with Crippen molar-refractivity contribution in [3.05, 3.63) is 88.7 Å². The minimum atomic E-state index is -3.93. The van der Waals surface area contributed by atoms with E-state index in [1.165, 1.54) is 30.3 Å². The Morgan fingerprint density at radius 3 is 2.32 bits per heavy atom. The van der Waals surface area contributed by atoms with Crippen molar-refractivity contribution in [3.8, 4) is 0 Å². The van der Waals surface area contributed by atoms with Crippen LogP contribution in [0.25, 0.3) is 0 Å². The molecule has 12 heteroatoms. The number of hydrazine groups is 1. The second-order valence-corrected chi connectivity index (χ2v) is 9.54. The maximum Gasteiger partial charge on any atom is 0.316 e. The van der Waals surface area contributed by atoms with Gasteiger partial charge in [0, 0.05) is 17.8 Å². The van der Waals surface area contributed by atoms with Crippen molar-refractivity contribution in [2.24, 2.45) is 5.84 Å². The van der Waals surface area contributed by atoms with E-state index in [4.69, 9.17) is 17.4 Å². The van der Waals surface area contributed by atoms with E-state index in [2.05, 4.69) is 10.6 Å². The van der Waals surface area contributed by atoms with Crippen LogP contribution in [0.3, 0.4) is 0 Å². The maximum absolute atomic E-state index is 14.7. The van der Waals surface area contributed by atoms with Crippen LogP contribution in [0.15, 0.2) is 66.7 Å². The molecule has 0 aromatic heterocycles. The van der Waals surface area contributed by atoms with Crippen molar-refractivity contribution in [2.75, 3.05) is 28.0 Å². The first-order chi connectivity index (χ1) is 16.2. The number of rotatable bonds is 5. The van der Waals surface area contributed by atoms with Crippen LogP contribution >= 0.6 is 11.6 Å². The summed E-state index contributed by atoms with van der Waals surface area (Å²) in [6.07, 6.45) is 0. The molecule has 1 fully saturated rings. The van der Waals surface area contributed by atoms with Gasteiger partial charge in [-0.25, -0.2) is 4.39 Å². The Morgan fingerprint density at radius 2 is 1.68 bits per heavy atom. The molecule has 1 heterocycles. The van der Waals surface area contributed by atoms with Gasteiger partial charge in [0.05, 0.1) is 28.5 Å². The third-order valence-electron chi connectivity index (χ3n) is 5.09. The van der Waals surface area contributed by atoms with Gasteiger partial charge in [-0.05, 0) is 48.5 Å². The molecule has 2 amide bonds. The minimum absolute atomic E-state index is 0.0550. The number of halogens is 2. The number of carbonyl (C=O) groups excluding carboxylic acids is 2. The molecule has 1 aliphatic heterocycles. The summed E-state index contributed by atoms with van der Waals surface area (Å²) in [6.45, 7) is 0.123. The van der Waals surface area contributed by atoms with Crippen LogP contribution in [-0.4, -0.2) is 37.7 Å². The number of nitrogens with zero attached hydrogens (tertiary/aromatic N) is 2. The SMILES string of the molecule is NN1CCN(c2ccc(C(=O)Nc3ccc(Cl)c(NC(=O)c4ccccc4)c3)c(F)c2)S1(=O)=O. The highest BCUT2D eigenvalue weighted by Gasteiger charge is 2.35. The van der Waals surface area contributed by atoms with Crippen LogP contribution < -0.4 is 20.8 Å². The largest absolute Gasteiger partial charge is 0.322 e. The fourth-order valence-electron chi connectivity index (χ4n) is 3.33. The summed E-state index contributed by atoms with van der Waals surface area (Å²) < 4.78 is 40.7. The second kappa shape index (κ2) is 9.39. The topological polar surface area (TPSA) is 125 Å². The molecule has 0 unspecified atom stereocenters. The third-order valence-corrected chi connectivity index (χ3v) is 7.15. The van der Waals surface area contributed by atoms with Gasteiger partial charge in [0.2, 0.25) is 0 Å². The number of anilines is 3. The number of amides is 2. The number of nitrogens with two attached hydrogens (primary N) is 1. The zero-order chi connectivity index (χ0) is 24.5. The summed E-state index contributed by atoms with van der Waals surface area (Å²) in [6, 6.07) is 16.4. The highest BCUT2D eigenvalue weighted by Crippen LogP contribution is 2.28. The monoisotopic (exact) mass is 503 g/mol. The normalized spacial score (nSPS) is 15.2. The summed E-state index contributed by atoms with van der Waals surface area (Å²) in [5.41, 5.74) is 0.707. The predicted molar refractivity (Wildman–Crippen MR) is 127 cm³/mol. The Kier molecular flexibility index (Phi) is 6.53. The van der Waals surface area contributed by atoms with E-state index in [-0.39, 0.29) is 46.6 Å². The number of benzene rings is 3. The number of nitrogens with one attached hydrogen (secondary N) is 2. The predicted octanol–water partition coefficient (Wildman–Crippen LogP) is 3.22. The van der Waals surface area contributed by atoms with E-state index >= 15 is 0 Å². The molecule has 0 radical (unpaired) electrons. The summed E-state index contributed by atoms with van der Waals surface area (Å²) in [5.74, 6) is 3.37. The van der Waals surface area contributed by atoms with Gasteiger partial charge in [-0.3, -0.25) is 19.7 Å². The van der Waals surface area contributed by atoms with Crippen molar-refractivity contribution < 1.29 is 22.4 Å². The fraction of sp³-hybridized carbons (Fsp3) is 0.0909. The average molecular weight is 504 g/mol. The van der Waals surface area contributed by atoms with Gasteiger partial charge in [-0.15, -0.1) is 4.41 Å². The van der Waals surface area contributed by atoms with Gasteiger partial charge in [0.15, 0.2) is 0 Å². The van der Waals surface area contributed by atoms with E-state index in [0.29, 0.717) is 9.98 Å². The Morgan fingerprint density at radius 1 is 0.941 bits per heavy atom. The summed E-state index contributed by atoms with van der Waals surface area (Å²) in [7, 11) is -3.93. The minimum Gasteiger partial charge on any atom is -0.322 e. The molecular weight excluding hydrogens is 485 g/mol. The van der Waals surface area contributed by atoms with E-state index < -0.39 is 21.9 Å². The fourth-order valence-corrected chi connectivity index (χ4v) is 4.76. The third kappa shape index (κ3) is 4.73. The molecule has 0 aliphatic carbocycles. The number of hydrogen-bond acceptors (Lipinski definition) is 5. The molecule has 4 N–H and O–H groups in total. The Bertz CT molecular complexity index is 1370. The Hall–Kier alpha value is -3.51. The molecule has 0 saturated carbocycles. The smallest absolute Gasteiger partial charge is 0.316 e. The van der Waals surface area contributed by atoms with Gasteiger partial charge in [-0.1, -0.05) is 29.8 Å². The van der Waals surface area contributed by atoms with Crippen molar-refractivity contribution in [1.29, 1.82) is 0 Å². The van der Waals surface area contributed by atoms with Crippen LogP contribution in [0.2, 0.25) is 5.02 Å². The molecule has 3 aromatic rings. The lowest BCUT2D eigenvalue weighted by Crippen LogP contribution is -2.37. The van der Waals surface area contributed by atoms with Crippen molar-refractivity contribution in [1.82, 2.24) is 4.41 Å². The highest BCUT2D eigenvalue weighted by molar-refractivity contribution is 7.90. The van der Waals surface area contributed by atoms with Crippen LogP contribution in [0, 0.1) is 5.82 Å².